The summed E-state index contributed by atoms with van der Waals surface area (Å²) in [6.45, 7) is 3.95. The van der Waals surface area contributed by atoms with Crippen LogP contribution >= 0.6 is 0 Å². The van der Waals surface area contributed by atoms with Gasteiger partial charge in [0, 0.05) is 0 Å². The molecular weight excluding hydrogens is 370 g/mol. The second kappa shape index (κ2) is 9.65. The molecule has 1 N–H and O–H groups in total. The van der Waals surface area contributed by atoms with Gasteiger partial charge in [-0.3, -0.25) is 9.69 Å². The first-order valence-corrected chi connectivity index (χ1v) is 9.98. The topological polar surface area (TPSA) is 68.2 Å². The van der Waals surface area contributed by atoms with Crippen LogP contribution in [0.15, 0.2) is 42.5 Å². The van der Waals surface area contributed by atoms with Crippen molar-refractivity contribution in [2.24, 2.45) is 5.92 Å². The van der Waals surface area contributed by atoms with Crippen LogP contribution < -0.4 is 14.2 Å². The number of piperidine rings is 1. The van der Waals surface area contributed by atoms with E-state index < -0.39 is 5.97 Å². The molecule has 0 aliphatic carbocycles. The third-order valence-corrected chi connectivity index (χ3v) is 5.48. The van der Waals surface area contributed by atoms with Crippen LogP contribution in [-0.4, -0.2) is 49.9 Å². The van der Waals surface area contributed by atoms with Crippen molar-refractivity contribution in [3.8, 4) is 17.2 Å². The minimum Gasteiger partial charge on any atom is -0.497 e. The molecule has 1 heterocycles. The number of rotatable bonds is 8. The molecule has 6 heteroatoms. The highest BCUT2D eigenvalue weighted by atomic mass is 16.5. The number of methoxy groups -OCH3 is 2. The molecule has 1 fully saturated rings. The van der Waals surface area contributed by atoms with Gasteiger partial charge in [0.05, 0.1) is 32.8 Å². The second-order valence-corrected chi connectivity index (χ2v) is 7.17. The van der Waals surface area contributed by atoms with Crippen LogP contribution in [-0.2, 0) is 4.79 Å². The molecule has 29 heavy (non-hydrogen) atoms. The summed E-state index contributed by atoms with van der Waals surface area (Å²) in [4.78, 5) is 13.7. The Kier molecular flexibility index (Phi) is 6.99. The quantitative estimate of drug-likeness (QED) is 0.724. The predicted molar refractivity (Wildman–Crippen MR) is 111 cm³/mol. The summed E-state index contributed by atoms with van der Waals surface area (Å²) in [6, 6.07) is 14.1. The highest BCUT2D eigenvalue weighted by Crippen LogP contribution is 2.37. The Balaban J connectivity index is 1.96. The van der Waals surface area contributed by atoms with Gasteiger partial charge < -0.3 is 19.3 Å². The van der Waals surface area contributed by atoms with Gasteiger partial charge in [-0.05, 0) is 68.2 Å². The normalized spacial score (nSPS) is 16.2. The molecule has 2 aromatic carbocycles. The van der Waals surface area contributed by atoms with E-state index in [0.29, 0.717) is 30.9 Å². The van der Waals surface area contributed by atoms with Crippen LogP contribution in [0.5, 0.6) is 17.2 Å². The first-order valence-electron chi connectivity index (χ1n) is 9.98. The lowest BCUT2D eigenvalue weighted by Crippen LogP contribution is -2.39. The van der Waals surface area contributed by atoms with Crippen LogP contribution in [0.25, 0.3) is 0 Å². The molecule has 1 aliphatic rings. The summed E-state index contributed by atoms with van der Waals surface area (Å²) in [7, 11) is 3.29. The molecule has 0 bridgehead atoms. The zero-order chi connectivity index (χ0) is 20.8. The lowest BCUT2D eigenvalue weighted by molar-refractivity contribution is -0.143. The van der Waals surface area contributed by atoms with Crippen molar-refractivity contribution in [1.82, 2.24) is 4.90 Å². The molecule has 0 radical (unpaired) electrons. The Morgan fingerprint density at radius 1 is 1.03 bits per heavy atom. The number of carboxylic acids is 1. The lowest BCUT2D eigenvalue weighted by Gasteiger charge is -2.37. The van der Waals surface area contributed by atoms with Gasteiger partial charge in [0.1, 0.15) is 5.75 Å². The highest BCUT2D eigenvalue weighted by molar-refractivity contribution is 5.70. The van der Waals surface area contributed by atoms with Gasteiger partial charge in [-0.1, -0.05) is 18.2 Å². The average Bonchev–Trinajstić information content (AvgIpc) is 2.75. The molecule has 1 saturated heterocycles. The fourth-order valence-corrected chi connectivity index (χ4v) is 3.94. The molecule has 0 spiro atoms. The molecule has 3 rings (SSSR count). The molecule has 0 amide bonds. The van der Waals surface area contributed by atoms with E-state index in [0.717, 1.165) is 30.0 Å². The van der Waals surface area contributed by atoms with Crippen molar-refractivity contribution in [2.75, 3.05) is 33.9 Å². The Morgan fingerprint density at radius 3 is 2.24 bits per heavy atom. The molecule has 0 saturated carbocycles. The van der Waals surface area contributed by atoms with Crippen molar-refractivity contribution in [1.29, 1.82) is 0 Å². The van der Waals surface area contributed by atoms with Crippen LogP contribution in [0, 0.1) is 5.92 Å². The summed E-state index contributed by atoms with van der Waals surface area (Å²) < 4.78 is 16.5. The maximum Gasteiger partial charge on any atom is 0.306 e. The van der Waals surface area contributed by atoms with E-state index in [2.05, 4.69) is 23.1 Å². The number of hydrogen-bond acceptors (Lipinski definition) is 5. The Bertz CT molecular complexity index is 813. The maximum atomic E-state index is 11.4. The van der Waals surface area contributed by atoms with E-state index in [4.69, 9.17) is 14.2 Å². The number of aliphatic carboxylic acids is 1. The third-order valence-electron chi connectivity index (χ3n) is 5.48. The van der Waals surface area contributed by atoms with Gasteiger partial charge in [-0.15, -0.1) is 0 Å². The van der Waals surface area contributed by atoms with Crippen molar-refractivity contribution >= 4 is 5.97 Å². The van der Waals surface area contributed by atoms with E-state index in [1.807, 2.05) is 31.2 Å². The molecule has 1 aliphatic heterocycles. The second-order valence-electron chi connectivity index (χ2n) is 7.17. The van der Waals surface area contributed by atoms with Crippen LogP contribution in [0.1, 0.15) is 36.9 Å². The van der Waals surface area contributed by atoms with Gasteiger partial charge in [0.2, 0.25) is 0 Å². The van der Waals surface area contributed by atoms with Gasteiger partial charge >= 0.3 is 5.97 Å². The highest BCUT2D eigenvalue weighted by Gasteiger charge is 2.30. The zero-order valence-electron chi connectivity index (χ0n) is 17.3. The molecule has 1 atom stereocenters. The average molecular weight is 399 g/mol. The molecule has 1 unspecified atom stereocenters. The van der Waals surface area contributed by atoms with Crippen LogP contribution in [0.4, 0.5) is 0 Å². The molecule has 2 aromatic rings. The fraction of sp³-hybridized carbons (Fsp3) is 0.435. The summed E-state index contributed by atoms with van der Waals surface area (Å²) in [6.07, 6.45) is 1.30. The molecule has 0 aromatic heterocycles. The minimum atomic E-state index is -0.700. The number of benzene rings is 2. The number of carboxylic acid groups (broad SMARTS) is 1. The maximum absolute atomic E-state index is 11.4. The first-order chi connectivity index (χ1) is 14.1. The molecule has 6 nitrogen and oxygen atoms in total. The minimum absolute atomic E-state index is 0.000707. The van der Waals surface area contributed by atoms with Crippen LogP contribution in [0.3, 0.4) is 0 Å². The van der Waals surface area contributed by atoms with Crippen molar-refractivity contribution in [3.05, 3.63) is 53.6 Å². The van der Waals surface area contributed by atoms with Gasteiger partial charge in [0.25, 0.3) is 0 Å². The van der Waals surface area contributed by atoms with E-state index in [1.54, 1.807) is 14.2 Å². The monoisotopic (exact) mass is 399 g/mol. The fourth-order valence-electron chi connectivity index (χ4n) is 3.94. The van der Waals surface area contributed by atoms with Gasteiger partial charge in [0.15, 0.2) is 11.5 Å². The Morgan fingerprint density at radius 2 is 1.69 bits per heavy atom. The lowest BCUT2D eigenvalue weighted by atomic mass is 9.91. The Hall–Kier alpha value is -2.73. The number of nitrogens with zero attached hydrogens (tertiary/aromatic N) is 1. The van der Waals surface area contributed by atoms with Gasteiger partial charge in [-0.2, -0.15) is 0 Å². The van der Waals surface area contributed by atoms with E-state index in [-0.39, 0.29) is 12.0 Å². The standard InChI is InChI=1S/C23H29NO5/c1-4-29-21-15-18(7-10-20(21)28-3)22(16-5-8-19(27-2)9-6-16)24-13-11-17(12-14-24)23(25)26/h5-10,15,17,22H,4,11-14H2,1-3H3,(H,25,26). The Labute approximate surface area is 172 Å². The summed E-state index contributed by atoms with van der Waals surface area (Å²) in [5.41, 5.74) is 2.22. The summed E-state index contributed by atoms with van der Waals surface area (Å²) >= 11 is 0. The zero-order valence-corrected chi connectivity index (χ0v) is 17.3. The van der Waals surface area contributed by atoms with Crippen molar-refractivity contribution in [3.63, 3.8) is 0 Å². The van der Waals surface area contributed by atoms with E-state index >= 15 is 0 Å². The van der Waals surface area contributed by atoms with Crippen molar-refractivity contribution < 1.29 is 24.1 Å². The molecule has 156 valence electrons. The van der Waals surface area contributed by atoms with Crippen molar-refractivity contribution in [2.45, 2.75) is 25.8 Å². The number of ether oxygens (including phenoxy) is 3. The van der Waals surface area contributed by atoms with Crippen LogP contribution in [0.2, 0.25) is 0 Å². The summed E-state index contributed by atoms with van der Waals surface area (Å²) in [5, 5.41) is 9.35. The number of hydrogen-bond donors (Lipinski definition) is 1. The third kappa shape index (κ3) is 4.82. The first kappa shape index (κ1) is 21.0. The molecular formula is C23H29NO5. The van der Waals surface area contributed by atoms with Gasteiger partial charge in [-0.25, -0.2) is 0 Å². The SMILES string of the molecule is CCOc1cc(C(c2ccc(OC)cc2)N2CCC(C(=O)O)CC2)ccc1OC. The predicted octanol–water partition coefficient (Wildman–Crippen LogP) is 3.99. The summed E-state index contributed by atoms with van der Waals surface area (Å²) in [5.74, 6) is 1.26. The number of carbonyl (C=O) groups is 1. The van der Waals surface area contributed by atoms with E-state index in [1.165, 1.54) is 0 Å². The smallest absolute Gasteiger partial charge is 0.306 e. The number of likely N-dealkylation sites (tertiary alicyclic amines) is 1. The largest absolute Gasteiger partial charge is 0.497 e. The van der Waals surface area contributed by atoms with E-state index in [9.17, 15) is 9.90 Å².